The van der Waals surface area contributed by atoms with E-state index in [-0.39, 0.29) is 17.5 Å². The molecule has 3 heteroatoms. The topological polar surface area (TPSA) is 35.5 Å². The lowest BCUT2D eigenvalue weighted by Crippen LogP contribution is -2.25. The Bertz CT molecular complexity index is 322. The van der Waals surface area contributed by atoms with Crippen molar-refractivity contribution in [1.29, 1.82) is 0 Å². The van der Waals surface area contributed by atoms with Crippen LogP contribution in [0.4, 0.5) is 0 Å². The van der Waals surface area contributed by atoms with E-state index in [9.17, 15) is 4.79 Å². The van der Waals surface area contributed by atoms with Crippen LogP contribution in [0.15, 0.2) is 0 Å². The van der Waals surface area contributed by atoms with Crippen molar-refractivity contribution in [3.8, 4) is 11.8 Å². The van der Waals surface area contributed by atoms with Crippen LogP contribution in [0.3, 0.4) is 0 Å². The second-order valence-electron chi connectivity index (χ2n) is 5.42. The smallest absolute Gasteiger partial charge is 0.308 e. The molecule has 1 unspecified atom stereocenters. The molecular weight excluding hydrogens is 228 g/mol. The van der Waals surface area contributed by atoms with Gasteiger partial charge in [-0.1, -0.05) is 12.8 Å². The highest BCUT2D eigenvalue weighted by atomic mass is 16.5. The van der Waals surface area contributed by atoms with Crippen LogP contribution in [0.25, 0.3) is 0 Å². The Hall–Kier alpha value is -1.01. The van der Waals surface area contributed by atoms with Gasteiger partial charge in [0.25, 0.3) is 0 Å². The molecule has 18 heavy (non-hydrogen) atoms. The maximum Gasteiger partial charge on any atom is 0.308 e. The normalized spacial score (nSPS) is 26.4. The average molecular weight is 252 g/mol. The predicted octanol–water partition coefficient (Wildman–Crippen LogP) is 2.93. The van der Waals surface area contributed by atoms with E-state index < -0.39 is 0 Å². The zero-order valence-electron chi connectivity index (χ0n) is 11.8. The van der Waals surface area contributed by atoms with Gasteiger partial charge in [-0.2, -0.15) is 0 Å². The third-order valence-electron chi connectivity index (χ3n) is 3.13. The molecule has 1 aliphatic heterocycles. The molecule has 0 spiro atoms. The van der Waals surface area contributed by atoms with Gasteiger partial charge in [-0.05, 0) is 33.1 Å². The van der Waals surface area contributed by atoms with Crippen LogP contribution in [0.2, 0.25) is 0 Å². The fourth-order valence-electron chi connectivity index (χ4n) is 1.92. The minimum absolute atomic E-state index is 0.0308. The summed E-state index contributed by atoms with van der Waals surface area (Å²) < 4.78 is 11.0. The number of esters is 1. The second-order valence-corrected chi connectivity index (χ2v) is 5.42. The molecule has 0 fully saturated rings. The summed E-state index contributed by atoms with van der Waals surface area (Å²) in [6, 6.07) is 0. The van der Waals surface area contributed by atoms with E-state index in [4.69, 9.17) is 9.47 Å². The molecule has 0 amide bonds. The molecular formula is C15H24O3. The first-order chi connectivity index (χ1) is 8.51. The number of carbonyl (C=O) groups is 1. The van der Waals surface area contributed by atoms with Crippen molar-refractivity contribution in [2.24, 2.45) is 5.92 Å². The first-order valence-electron chi connectivity index (χ1n) is 6.77. The zero-order chi connectivity index (χ0) is 13.4. The number of rotatable bonds is 0. The monoisotopic (exact) mass is 252 g/mol. The molecule has 1 aliphatic rings. The lowest BCUT2D eigenvalue weighted by atomic mass is 9.96. The molecule has 102 valence electrons. The molecule has 0 aromatic rings. The average Bonchev–Trinajstić information content (AvgIpc) is 2.30. The Morgan fingerprint density at radius 2 is 1.89 bits per heavy atom. The lowest BCUT2D eigenvalue weighted by molar-refractivity contribution is -0.148. The van der Waals surface area contributed by atoms with Crippen molar-refractivity contribution < 1.29 is 14.3 Å². The van der Waals surface area contributed by atoms with E-state index in [0.29, 0.717) is 19.6 Å². The third-order valence-corrected chi connectivity index (χ3v) is 3.13. The van der Waals surface area contributed by atoms with Crippen molar-refractivity contribution in [3.05, 3.63) is 0 Å². The van der Waals surface area contributed by atoms with Crippen LogP contribution in [-0.4, -0.2) is 24.8 Å². The number of cyclic esters (lactones) is 1. The summed E-state index contributed by atoms with van der Waals surface area (Å²) in [6.07, 6.45) is 4.15. The summed E-state index contributed by atoms with van der Waals surface area (Å²) in [5.41, 5.74) is -0.130. The summed E-state index contributed by atoms with van der Waals surface area (Å²) in [6.45, 7) is 7.19. The Kier molecular flexibility index (Phi) is 6.21. The van der Waals surface area contributed by atoms with Gasteiger partial charge < -0.3 is 9.47 Å². The number of carbonyl (C=O) groups excluding carboxylic acids is 1. The molecule has 3 nitrogen and oxygen atoms in total. The fourth-order valence-corrected chi connectivity index (χ4v) is 1.92. The Balaban J connectivity index is 2.53. The summed E-state index contributed by atoms with van der Waals surface area (Å²) >= 11 is 0. The van der Waals surface area contributed by atoms with Gasteiger partial charge in [0, 0.05) is 12.8 Å². The SMILES string of the molecule is CC1CCCC(C)(C)OCCC#CCCOC1=O. The van der Waals surface area contributed by atoms with E-state index in [2.05, 4.69) is 25.7 Å². The zero-order valence-corrected chi connectivity index (χ0v) is 11.8. The van der Waals surface area contributed by atoms with E-state index >= 15 is 0 Å². The maximum atomic E-state index is 11.6. The number of hydrogen-bond donors (Lipinski definition) is 0. The highest BCUT2D eigenvalue weighted by Gasteiger charge is 2.20. The summed E-state index contributed by atoms with van der Waals surface area (Å²) in [7, 11) is 0. The largest absolute Gasteiger partial charge is 0.464 e. The van der Waals surface area contributed by atoms with E-state index in [1.807, 2.05) is 6.92 Å². The molecule has 0 aromatic heterocycles. The van der Waals surface area contributed by atoms with Gasteiger partial charge in [0.2, 0.25) is 0 Å². The van der Waals surface area contributed by atoms with Gasteiger partial charge in [-0.25, -0.2) is 0 Å². The van der Waals surface area contributed by atoms with Crippen molar-refractivity contribution in [1.82, 2.24) is 0 Å². The van der Waals surface area contributed by atoms with Crippen LogP contribution < -0.4 is 0 Å². The van der Waals surface area contributed by atoms with Gasteiger partial charge >= 0.3 is 5.97 Å². The lowest BCUT2D eigenvalue weighted by Gasteiger charge is -2.25. The van der Waals surface area contributed by atoms with Gasteiger partial charge in [0.05, 0.1) is 18.1 Å². The minimum atomic E-state index is -0.130. The molecule has 0 aromatic carbocycles. The highest BCUT2D eigenvalue weighted by Crippen LogP contribution is 2.20. The molecule has 1 atom stereocenters. The quantitative estimate of drug-likeness (QED) is 0.491. The highest BCUT2D eigenvalue weighted by molar-refractivity contribution is 5.71. The van der Waals surface area contributed by atoms with Crippen molar-refractivity contribution in [3.63, 3.8) is 0 Å². The van der Waals surface area contributed by atoms with Crippen LogP contribution >= 0.6 is 0 Å². The molecule has 1 heterocycles. The van der Waals surface area contributed by atoms with Gasteiger partial charge in [-0.15, -0.1) is 5.92 Å². The predicted molar refractivity (Wildman–Crippen MR) is 71.0 cm³/mol. The van der Waals surface area contributed by atoms with Crippen LogP contribution in [0, 0.1) is 17.8 Å². The van der Waals surface area contributed by atoms with E-state index in [1.165, 1.54) is 0 Å². The molecule has 1 rings (SSSR count). The van der Waals surface area contributed by atoms with Crippen molar-refractivity contribution >= 4 is 5.97 Å². The molecule has 0 aliphatic carbocycles. The van der Waals surface area contributed by atoms with Crippen molar-refractivity contribution in [2.45, 2.75) is 58.5 Å². The van der Waals surface area contributed by atoms with Gasteiger partial charge in [-0.3, -0.25) is 4.79 Å². The molecule has 0 saturated carbocycles. The third kappa shape index (κ3) is 6.07. The Labute approximate surface area is 110 Å². The van der Waals surface area contributed by atoms with Crippen molar-refractivity contribution in [2.75, 3.05) is 13.2 Å². The second kappa shape index (κ2) is 7.43. The summed E-state index contributed by atoms with van der Waals surface area (Å²) in [5.74, 6) is 5.90. The summed E-state index contributed by atoms with van der Waals surface area (Å²) in [4.78, 5) is 11.6. The minimum Gasteiger partial charge on any atom is -0.464 e. The van der Waals surface area contributed by atoms with E-state index in [1.54, 1.807) is 0 Å². The Morgan fingerprint density at radius 1 is 1.22 bits per heavy atom. The van der Waals surface area contributed by atoms with Crippen LogP contribution in [0.1, 0.15) is 52.9 Å². The molecule has 0 radical (unpaired) electrons. The van der Waals surface area contributed by atoms with E-state index in [0.717, 1.165) is 25.7 Å². The van der Waals surface area contributed by atoms with Crippen LogP contribution in [0.5, 0.6) is 0 Å². The summed E-state index contributed by atoms with van der Waals surface area (Å²) in [5, 5.41) is 0. The van der Waals surface area contributed by atoms with Crippen LogP contribution in [-0.2, 0) is 14.3 Å². The van der Waals surface area contributed by atoms with Gasteiger partial charge in [0.1, 0.15) is 6.61 Å². The fraction of sp³-hybridized carbons (Fsp3) is 0.800. The number of ether oxygens (including phenoxy) is 2. The first kappa shape index (κ1) is 15.0. The molecule has 0 N–H and O–H groups in total. The molecule has 0 bridgehead atoms. The van der Waals surface area contributed by atoms with Gasteiger partial charge in [0.15, 0.2) is 0 Å². The molecule has 0 saturated heterocycles. The number of hydrogen-bond acceptors (Lipinski definition) is 3. The maximum absolute atomic E-state index is 11.6. The standard InChI is InChI=1S/C15H24O3/c1-13-9-8-10-15(2,3)18-12-7-5-4-6-11-17-14(13)16/h13H,6-12H2,1-3H3. The Morgan fingerprint density at radius 3 is 2.61 bits per heavy atom. The first-order valence-corrected chi connectivity index (χ1v) is 6.77.